The molecule has 4 aliphatic rings. The fourth-order valence-electron chi connectivity index (χ4n) is 8.48. The molecule has 0 radical (unpaired) electrons. The molecule has 4 aromatic rings. The molecule has 256 valence electrons. The van der Waals surface area contributed by atoms with Gasteiger partial charge in [0.15, 0.2) is 11.6 Å². The van der Waals surface area contributed by atoms with Gasteiger partial charge in [-0.2, -0.15) is 5.26 Å². The average molecular weight is 713 g/mol. The van der Waals surface area contributed by atoms with E-state index in [0.29, 0.717) is 32.5 Å². The fourth-order valence-corrected chi connectivity index (χ4v) is 9.76. The van der Waals surface area contributed by atoms with Crippen LogP contribution in [-0.4, -0.2) is 76.9 Å². The Bertz CT molecular complexity index is 2140. The number of thiophene rings is 1. The van der Waals surface area contributed by atoms with Crippen molar-refractivity contribution in [3.63, 3.8) is 0 Å². The first kappa shape index (κ1) is 32.2. The van der Waals surface area contributed by atoms with Crippen LogP contribution in [0.1, 0.15) is 37.7 Å². The molecule has 3 saturated heterocycles. The molecule has 8 rings (SSSR count). The smallest absolute Gasteiger partial charge is 0.313 e. The number of nitrogens with two attached hydrogens (primary N) is 1. The Morgan fingerprint density at radius 2 is 2.04 bits per heavy atom. The molecule has 49 heavy (non-hydrogen) atoms. The molecule has 3 fully saturated rings. The minimum absolute atomic E-state index is 0.00519. The molecule has 2 unspecified atom stereocenters. The van der Waals surface area contributed by atoms with E-state index >= 15 is 4.39 Å². The van der Waals surface area contributed by atoms with Gasteiger partial charge in [-0.1, -0.05) is 17.7 Å². The maximum atomic E-state index is 17.2. The first-order valence-corrected chi connectivity index (χ1v) is 17.5. The molecule has 1 amide bonds. The lowest BCUT2D eigenvalue weighted by Crippen LogP contribution is -2.44. The number of amides is 1. The van der Waals surface area contributed by atoms with E-state index in [4.69, 9.17) is 26.8 Å². The SMILES string of the molecule is N#Cc1c(N)sc2c(F)ccc(-c3c(Cl)c4c5c(nc(OC[C@@]67CCCN6C[C@H](F)C7)c(=O)n5CC(C5CCN(C=O)C5)CCO4)c3F)c12. The lowest BCUT2D eigenvalue weighted by Gasteiger charge is -2.31. The van der Waals surface area contributed by atoms with Crippen molar-refractivity contribution in [3.05, 3.63) is 44.7 Å². The van der Waals surface area contributed by atoms with Crippen LogP contribution in [0.5, 0.6) is 11.6 Å². The first-order chi connectivity index (χ1) is 23.6. The number of ether oxygens (including phenoxy) is 2. The standard InChI is InChI=1S/C34H32ClF3N6O4S/c35-25-24(20-2-3-22(37)30-23(20)21(11-39)31(40)49-30)26(38)27-28-29(25)47-9-5-18(17-4-8-42(12-17)16-45)13-44(28)33(46)32(41-27)48-15-34-6-1-7-43(34)14-19(36)10-34/h2-3,16-19H,1,4-10,12-15,40H2/t17?,18?,19-,34+/m1/s1. The van der Waals surface area contributed by atoms with Gasteiger partial charge >= 0.3 is 5.56 Å². The number of carbonyl (C=O) groups excluding carboxylic acids is 1. The van der Waals surface area contributed by atoms with Crippen molar-refractivity contribution in [1.29, 1.82) is 5.26 Å². The molecule has 2 aromatic heterocycles. The van der Waals surface area contributed by atoms with Crippen molar-refractivity contribution in [2.24, 2.45) is 11.8 Å². The van der Waals surface area contributed by atoms with Crippen molar-refractivity contribution in [1.82, 2.24) is 19.4 Å². The number of anilines is 1. The number of benzene rings is 2. The second kappa shape index (κ2) is 12.1. The Balaban J connectivity index is 1.33. The van der Waals surface area contributed by atoms with Gasteiger partial charge in [-0.3, -0.25) is 19.1 Å². The lowest BCUT2D eigenvalue weighted by atomic mass is 9.88. The van der Waals surface area contributed by atoms with Crippen LogP contribution in [0.2, 0.25) is 5.02 Å². The van der Waals surface area contributed by atoms with Gasteiger partial charge in [0.25, 0.3) is 5.88 Å². The lowest BCUT2D eigenvalue weighted by molar-refractivity contribution is -0.117. The van der Waals surface area contributed by atoms with Crippen molar-refractivity contribution >= 4 is 55.5 Å². The largest absolute Gasteiger partial charge is 0.490 e. The molecule has 0 spiro atoms. The van der Waals surface area contributed by atoms with Crippen molar-refractivity contribution in [3.8, 4) is 28.8 Å². The molecule has 2 aromatic carbocycles. The Morgan fingerprint density at radius 1 is 1.22 bits per heavy atom. The van der Waals surface area contributed by atoms with E-state index in [1.54, 1.807) is 4.90 Å². The van der Waals surface area contributed by atoms with Gasteiger partial charge in [-0.15, -0.1) is 11.3 Å². The number of halogens is 4. The monoisotopic (exact) mass is 712 g/mol. The maximum Gasteiger partial charge on any atom is 0.313 e. The number of rotatable bonds is 6. The molecule has 4 aliphatic heterocycles. The minimum atomic E-state index is -1.01. The molecular weight excluding hydrogens is 681 g/mol. The first-order valence-electron chi connectivity index (χ1n) is 16.3. The highest BCUT2D eigenvalue weighted by Crippen LogP contribution is 2.49. The van der Waals surface area contributed by atoms with Gasteiger partial charge in [0, 0.05) is 43.5 Å². The quantitative estimate of drug-likeness (QED) is 0.260. The summed E-state index contributed by atoms with van der Waals surface area (Å²) in [4.78, 5) is 34.0. The molecular formula is C34H32ClF3N6O4S. The summed E-state index contributed by atoms with van der Waals surface area (Å²) in [6.45, 7) is 2.49. The van der Waals surface area contributed by atoms with Crippen LogP contribution >= 0.6 is 22.9 Å². The fraction of sp³-hybridized carbons (Fsp3) is 0.471. The summed E-state index contributed by atoms with van der Waals surface area (Å²) in [5, 5.41) is 9.94. The number of nitriles is 1. The van der Waals surface area contributed by atoms with Crippen LogP contribution in [0.15, 0.2) is 16.9 Å². The van der Waals surface area contributed by atoms with E-state index in [-0.39, 0.29) is 97.5 Å². The highest BCUT2D eigenvalue weighted by Gasteiger charge is 2.49. The summed E-state index contributed by atoms with van der Waals surface area (Å²) in [5.74, 6) is -1.89. The second-order valence-electron chi connectivity index (χ2n) is 13.5. The Morgan fingerprint density at radius 3 is 2.82 bits per heavy atom. The van der Waals surface area contributed by atoms with Gasteiger partial charge in [-0.05, 0) is 55.7 Å². The zero-order chi connectivity index (χ0) is 34.2. The van der Waals surface area contributed by atoms with E-state index in [0.717, 1.165) is 43.2 Å². The Hall–Kier alpha value is -4.06. The second-order valence-corrected chi connectivity index (χ2v) is 15.0. The molecule has 0 bridgehead atoms. The number of nitrogens with zero attached hydrogens (tertiary/aromatic N) is 5. The molecule has 6 heterocycles. The van der Waals surface area contributed by atoms with E-state index in [9.17, 15) is 23.6 Å². The molecule has 2 N–H and O–H groups in total. The summed E-state index contributed by atoms with van der Waals surface area (Å²) < 4.78 is 60.6. The number of aromatic nitrogens is 2. The summed E-state index contributed by atoms with van der Waals surface area (Å²) in [5.41, 5.74) is 4.61. The number of carbonyl (C=O) groups is 1. The summed E-state index contributed by atoms with van der Waals surface area (Å²) >= 11 is 7.86. The van der Waals surface area contributed by atoms with Crippen LogP contribution in [0.25, 0.3) is 32.2 Å². The van der Waals surface area contributed by atoms with Gasteiger partial charge < -0.3 is 20.1 Å². The third kappa shape index (κ3) is 5.03. The molecule has 0 aliphatic carbocycles. The van der Waals surface area contributed by atoms with E-state index < -0.39 is 28.9 Å². The number of hydrogen-bond acceptors (Lipinski definition) is 9. The summed E-state index contributed by atoms with van der Waals surface area (Å²) in [7, 11) is 0. The third-order valence-corrected chi connectivity index (χ3v) is 12.2. The predicted molar refractivity (Wildman–Crippen MR) is 179 cm³/mol. The molecule has 4 atom stereocenters. The molecule has 10 nitrogen and oxygen atoms in total. The highest BCUT2D eigenvalue weighted by molar-refractivity contribution is 7.23. The number of likely N-dealkylation sites (tertiary alicyclic amines) is 1. The van der Waals surface area contributed by atoms with Crippen LogP contribution < -0.4 is 20.8 Å². The Labute approximate surface area is 287 Å². The van der Waals surface area contributed by atoms with Crippen LogP contribution in [0.3, 0.4) is 0 Å². The number of hydrogen-bond donors (Lipinski definition) is 1. The number of alkyl halides is 1. The van der Waals surface area contributed by atoms with Crippen LogP contribution in [0.4, 0.5) is 18.2 Å². The van der Waals surface area contributed by atoms with E-state index in [1.165, 1.54) is 10.6 Å². The average Bonchev–Trinajstić information content (AvgIpc) is 3.84. The highest BCUT2D eigenvalue weighted by atomic mass is 35.5. The van der Waals surface area contributed by atoms with Crippen molar-refractivity contribution < 1.29 is 27.4 Å². The third-order valence-electron chi connectivity index (χ3n) is 10.9. The normalized spacial score (nSPS) is 25.3. The van der Waals surface area contributed by atoms with Gasteiger partial charge in [0.05, 0.1) is 27.4 Å². The summed E-state index contributed by atoms with van der Waals surface area (Å²) in [6.07, 6.45) is 2.89. The van der Waals surface area contributed by atoms with Gasteiger partial charge in [-0.25, -0.2) is 18.2 Å². The topological polar surface area (TPSA) is 127 Å². The van der Waals surface area contributed by atoms with Crippen LogP contribution in [0, 0.1) is 34.8 Å². The molecule has 0 saturated carbocycles. The zero-order valence-electron chi connectivity index (χ0n) is 26.3. The van der Waals surface area contributed by atoms with Crippen molar-refractivity contribution in [2.75, 3.05) is 45.1 Å². The van der Waals surface area contributed by atoms with Gasteiger partial charge in [0.2, 0.25) is 6.41 Å². The van der Waals surface area contributed by atoms with Crippen LogP contribution in [-0.2, 0) is 11.3 Å². The zero-order valence-corrected chi connectivity index (χ0v) is 27.9. The summed E-state index contributed by atoms with van der Waals surface area (Å²) in [6, 6.07) is 4.49. The van der Waals surface area contributed by atoms with E-state index in [1.807, 2.05) is 11.0 Å². The minimum Gasteiger partial charge on any atom is -0.490 e. The Kier molecular flexibility index (Phi) is 7.92. The van der Waals surface area contributed by atoms with E-state index in [2.05, 4.69) is 4.98 Å². The number of nitrogen functional groups attached to an aromatic ring is 1. The van der Waals surface area contributed by atoms with Gasteiger partial charge in [0.1, 0.15) is 40.7 Å². The number of fused-ring (bicyclic) bond motifs is 2. The van der Waals surface area contributed by atoms with Crippen molar-refractivity contribution in [2.45, 2.75) is 50.4 Å². The predicted octanol–water partition coefficient (Wildman–Crippen LogP) is 5.50. The molecule has 15 heteroatoms. The maximum absolute atomic E-state index is 17.2.